The van der Waals surface area contributed by atoms with Gasteiger partial charge in [-0.3, -0.25) is 9.59 Å². The lowest BCUT2D eigenvalue weighted by molar-refractivity contribution is 0.0407. The average Bonchev–Trinajstić information content (AvgIpc) is 3.45. The molecule has 1 fully saturated rings. The van der Waals surface area contributed by atoms with Gasteiger partial charge in [0, 0.05) is 55.0 Å². The smallest absolute Gasteiger partial charge is 0.293 e. The fourth-order valence-electron chi connectivity index (χ4n) is 4.25. The number of halogens is 1. The molecule has 0 radical (unpaired) electrons. The van der Waals surface area contributed by atoms with Gasteiger partial charge in [0.05, 0.1) is 5.69 Å². The molecule has 0 bridgehead atoms. The first kappa shape index (κ1) is 21.2. The molecule has 8 nitrogen and oxygen atoms in total. The van der Waals surface area contributed by atoms with Crippen molar-refractivity contribution in [3.63, 3.8) is 0 Å². The van der Waals surface area contributed by atoms with Crippen molar-refractivity contribution in [3.05, 3.63) is 77.5 Å². The summed E-state index contributed by atoms with van der Waals surface area (Å²) in [5.74, 6) is -0.156. The molecule has 33 heavy (non-hydrogen) atoms. The number of hydrogen-bond acceptors (Lipinski definition) is 4. The highest BCUT2D eigenvalue weighted by Crippen LogP contribution is 2.20. The molecule has 3 heterocycles. The third-order valence-electron chi connectivity index (χ3n) is 6.07. The topological polar surface area (TPSA) is 76.3 Å². The Morgan fingerprint density at radius 3 is 2.70 bits per heavy atom. The lowest BCUT2D eigenvalue weighted by atomic mass is 10.1. The SMILES string of the molecule is CC1CN(C(=O)c2ccc3ccn(C)c3c2)CCN1C(=O)c1ncn(-c2cccc(Cl)c2)n1. The molecule has 1 saturated heterocycles. The summed E-state index contributed by atoms with van der Waals surface area (Å²) in [5.41, 5.74) is 2.40. The van der Waals surface area contributed by atoms with Crippen LogP contribution in [0.2, 0.25) is 5.02 Å². The number of carbonyl (C=O) groups is 2. The predicted molar refractivity (Wildman–Crippen MR) is 126 cm³/mol. The second kappa shape index (κ2) is 8.37. The van der Waals surface area contributed by atoms with Gasteiger partial charge in [0.1, 0.15) is 6.33 Å². The zero-order chi connectivity index (χ0) is 23.1. The highest BCUT2D eigenvalue weighted by molar-refractivity contribution is 6.30. The van der Waals surface area contributed by atoms with Crippen LogP contribution in [0.3, 0.4) is 0 Å². The second-order valence-corrected chi connectivity index (χ2v) is 8.73. The van der Waals surface area contributed by atoms with Crippen LogP contribution in [-0.2, 0) is 7.05 Å². The van der Waals surface area contributed by atoms with E-state index >= 15 is 0 Å². The minimum Gasteiger partial charge on any atom is -0.351 e. The molecule has 0 saturated carbocycles. The van der Waals surface area contributed by atoms with Crippen molar-refractivity contribution < 1.29 is 9.59 Å². The summed E-state index contributed by atoms with van der Waals surface area (Å²) in [5, 5.41) is 6.02. The number of nitrogens with zero attached hydrogens (tertiary/aromatic N) is 6. The number of aromatic nitrogens is 4. The summed E-state index contributed by atoms with van der Waals surface area (Å²) in [6.45, 7) is 3.26. The van der Waals surface area contributed by atoms with Crippen LogP contribution in [0.25, 0.3) is 16.6 Å². The summed E-state index contributed by atoms with van der Waals surface area (Å²) in [4.78, 5) is 33.9. The second-order valence-electron chi connectivity index (χ2n) is 8.29. The molecule has 0 N–H and O–H groups in total. The van der Waals surface area contributed by atoms with Crippen LogP contribution in [-0.4, -0.2) is 66.6 Å². The lowest BCUT2D eigenvalue weighted by Gasteiger charge is -2.39. The third-order valence-corrected chi connectivity index (χ3v) is 6.30. The van der Waals surface area contributed by atoms with Crippen molar-refractivity contribution in [3.8, 4) is 5.69 Å². The highest BCUT2D eigenvalue weighted by Gasteiger charge is 2.32. The van der Waals surface area contributed by atoms with Crippen LogP contribution < -0.4 is 0 Å². The first-order chi connectivity index (χ1) is 15.9. The van der Waals surface area contributed by atoms with E-state index in [4.69, 9.17) is 11.6 Å². The van der Waals surface area contributed by atoms with Gasteiger partial charge in [-0.15, -0.1) is 5.10 Å². The molecule has 4 aromatic rings. The maximum atomic E-state index is 13.1. The van der Waals surface area contributed by atoms with Crippen molar-refractivity contribution in [1.29, 1.82) is 0 Å². The number of carbonyl (C=O) groups excluding carboxylic acids is 2. The zero-order valence-corrected chi connectivity index (χ0v) is 19.1. The molecule has 1 aliphatic rings. The summed E-state index contributed by atoms with van der Waals surface area (Å²) in [6.07, 6.45) is 3.48. The molecule has 0 aliphatic carbocycles. The van der Waals surface area contributed by atoms with E-state index in [0.717, 1.165) is 16.6 Å². The molecule has 2 amide bonds. The standard InChI is InChI=1S/C24H23ClN6O2/c1-16-14-29(23(32)18-7-6-17-8-9-28(2)21(17)12-18)10-11-30(16)24(33)22-26-15-31(27-22)20-5-3-4-19(25)13-20/h3-9,12-13,15-16H,10-11,14H2,1-2H3. The van der Waals surface area contributed by atoms with Gasteiger partial charge in [-0.1, -0.05) is 23.7 Å². The fraction of sp³-hybridized carbons (Fsp3) is 0.250. The number of benzene rings is 2. The number of rotatable bonds is 3. The van der Waals surface area contributed by atoms with Crippen molar-refractivity contribution >= 4 is 34.3 Å². The summed E-state index contributed by atoms with van der Waals surface area (Å²) in [7, 11) is 1.96. The largest absolute Gasteiger partial charge is 0.351 e. The van der Waals surface area contributed by atoms with Crippen LogP contribution >= 0.6 is 11.6 Å². The number of fused-ring (bicyclic) bond motifs is 1. The number of amides is 2. The van der Waals surface area contributed by atoms with Gasteiger partial charge in [-0.05, 0) is 48.7 Å². The quantitative estimate of drug-likeness (QED) is 0.467. The van der Waals surface area contributed by atoms with Gasteiger partial charge < -0.3 is 14.4 Å². The molecule has 2 aromatic carbocycles. The Balaban J connectivity index is 1.28. The molecule has 2 aromatic heterocycles. The molecular weight excluding hydrogens is 440 g/mol. The molecule has 5 rings (SSSR count). The fourth-order valence-corrected chi connectivity index (χ4v) is 4.44. The molecular formula is C24H23ClN6O2. The maximum Gasteiger partial charge on any atom is 0.293 e. The molecule has 1 aliphatic heterocycles. The van der Waals surface area contributed by atoms with Gasteiger partial charge in [0.2, 0.25) is 5.82 Å². The third kappa shape index (κ3) is 3.98. The van der Waals surface area contributed by atoms with E-state index < -0.39 is 0 Å². The summed E-state index contributed by atoms with van der Waals surface area (Å²) < 4.78 is 3.53. The zero-order valence-electron chi connectivity index (χ0n) is 18.3. The minimum absolute atomic E-state index is 0.0274. The van der Waals surface area contributed by atoms with E-state index in [1.807, 2.05) is 61.1 Å². The maximum absolute atomic E-state index is 13.1. The Kier molecular flexibility index (Phi) is 5.38. The van der Waals surface area contributed by atoms with Gasteiger partial charge in [0.25, 0.3) is 11.8 Å². The summed E-state index contributed by atoms with van der Waals surface area (Å²) >= 11 is 6.05. The lowest BCUT2D eigenvalue weighted by Crippen LogP contribution is -2.55. The molecule has 1 atom stereocenters. The van der Waals surface area contributed by atoms with Crippen LogP contribution in [0.1, 0.15) is 27.9 Å². The number of piperazine rings is 1. The number of hydrogen-bond donors (Lipinski definition) is 0. The van der Waals surface area contributed by atoms with Crippen LogP contribution in [0.5, 0.6) is 0 Å². The Morgan fingerprint density at radius 2 is 1.91 bits per heavy atom. The van der Waals surface area contributed by atoms with Crippen LogP contribution in [0.15, 0.2) is 61.1 Å². The Hall–Kier alpha value is -3.65. The monoisotopic (exact) mass is 462 g/mol. The number of aryl methyl sites for hydroxylation is 1. The van der Waals surface area contributed by atoms with E-state index in [0.29, 0.717) is 30.2 Å². The molecule has 168 valence electrons. The molecule has 1 unspecified atom stereocenters. The Bertz CT molecular complexity index is 1360. The van der Waals surface area contributed by atoms with Crippen molar-refractivity contribution in [1.82, 2.24) is 29.1 Å². The van der Waals surface area contributed by atoms with E-state index in [1.165, 1.54) is 11.0 Å². The van der Waals surface area contributed by atoms with Crippen molar-refractivity contribution in [2.45, 2.75) is 13.0 Å². The van der Waals surface area contributed by atoms with Crippen molar-refractivity contribution in [2.24, 2.45) is 7.05 Å². The van der Waals surface area contributed by atoms with Gasteiger partial charge in [-0.2, -0.15) is 0 Å². The Labute approximate surface area is 196 Å². The first-order valence-corrected chi connectivity index (χ1v) is 11.1. The van der Waals surface area contributed by atoms with Crippen LogP contribution in [0.4, 0.5) is 0 Å². The predicted octanol–water partition coefficient (Wildman–Crippen LogP) is 3.40. The van der Waals surface area contributed by atoms with Gasteiger partial charge >= 0.3 is 0 Å². The van der Waals surface area contributed by atoms with Gasteiger partial charge in [0.15, 0.2) is 0 Å². The van der Waals surface area contributed by atoms with E-state index in [2.05, 4.69) is 10.1 Å². The minimum atomic E-state index is -0.249. The van der Waals surface area contributed by atoms with E-state index in [9.17, 15) is 9.59 Å². The van der Waals surface area contributed by atoms with E-state index in [-0.39, 0.29) is 23.7 Å². The van der Waals surface area contributed by atoms with Crippen LogP contribution in [0, 0.1) is 0 Å². The normalized spacial score (nSPS) is 16.4. The van der Waals surface area contributed by atoms with Gasteiger partial charge in [-0.25, -0.2) is 9.67 Å². The average molecular weight is 463 g/mol. The van der Waals surface area contributed by atoms with E-state index in [1.54, 1.807) is 21.9 Å². The molecule has 0 spiro atoms. The molecule has 9 heteroatoms. The van der Waals surface area contributed by atoms with Crippen molar-refractivity contribution in [2.75, 3.05) is 19.6 Å². The highest BCUT2D eigenvalue weighted by atomic mass is 35.5. The first-order valence-electron chi connectivity index (χ1n) is 10.7. The summed E-state index contributed by atoms with van der Waals surface area (Å²) in [6, 6.07) is 14.8. The Morgan fingerprint density at radius 1 is 1.06 bits per heavy atom.